The summed E-state index contributed by atoms with van der Waals surface area (Å²) >= 11 is 1.24. The van der Waals surface area contributed by atoms with E-state index in [0.717, 1.165) is 11.6 Å². The van der Waals surface area contributed by atoms with Crippen molar-refractivity contribution in [1.29, 1.82) is 0 Å². The summed E-state index contributed by atoms with van der Waals surface area (Å²) in [4.78, 5) is 26.8. The highest BCUT2D eigenvalue weighted by Crippen LogP contribution is 2.21. The van der Waals surface area contributed by atoms with Gasteiger partial charge in [0.25, 0.3) is 11.8 Å². The molecule has 0 bridgehead atoms. The van der Waals surface area contributed by atoms with Gasteiger partial charge in [0.05, 0.1) is 0 Å². The third-order valence-corrected chi connectivity index (χ3v) is 5.91. The number of aromatic nitrogens is 2. The number of likely N-dealkylation sites (N-methyl/N-ethyl adjacent to an activating group) is 1. The van der Waals surface area contributed by atoms with Crippen molar-refractivity contribution < 1.29 is 9.59 Å². The number of aryl methyl sites for hydroxylation is 1. The molecule has 1 aliphatic carbocycles. The zero-order valence-electron chi connectivity index (χ0n) is 16.4. The molecule has 2 N–H and O–H groups in total. The minimum absolute atomic E-state index is 0.102. The average Bonchev–Trinajstić information content (AvgIpc) is 3.15. The molecule has 1 aromatic carbocycles. The van der Waals surface area contributed by atoms with Gasteiger partial charge >= 0.3 is 0 Å². The fourth-order valence-corrected chi connectivity index (χ4v) is 4.02. The molecular weight excluding hydrogens is 374 g/mol. The van der Waals surface area contributed by atoms with Gasteiger partial charge < -0.3 is 15.5 Å². The van der Waals surface area contributed by atoms with E-state index in [2.05, 4.69) is 32.8 Å². The molecule has 2 aromatic rings. The topological polar surface area (TPSA) is 87.2 Å². The Labute approximate surface area is 169 Å². The van der Waals surface area contributed by atoms with Gasteiger partial charge in [-0.2, -0.15) is 0 Å². The zero-order valence-corrected chi connectivity index (χ0v) is 17.2. The number of hydrogen-bond acceptors (Lipinski definition) is 6. The van der Waals surface area contributed by atoms with Crippen LogP contribution in [0.3, 0.4) is 0 Å². The van der Waals surface area contributed by atoms with E-state index in [4.69, 9.17) is 0 Å². The lowest BCUT2D eigenvalue weighted by Crippen LogP contribution is -2.39. The molecule has 0 atom stereocenters. The first-order valence-electron chi connectivity index (χ1n) is 9.73. The van der Waals surface area contributed by atoms with Gasteiger partial charge in [-0.3, -0.25) is 9.59 Å². The first-order valence-corrected chi connectivity index (χ1v) is 10.5. The second kappa shape index (κ2) is 9.75. The molecule has 150 valence electrons. The van der Waals surface area contributed by atoms with Crippen molar-refractivity contribution in [2.75, 3.05) is 25.5 Å². The SMILES string of the molecule is Cc1nnc(C(=O)Nc2ccc(C(=O)NCCN(C)C3CCCCC3)cc2)s1. The van der Waals surface area contributed by atoms with E-state index in [-0.39, 0.29) is 11.8 Å². The number of amides is 2. The zero-order chi connectivity index (χ0) is 19.9. The summed E-state index contributed by atoms with van der Waals surface area (Å²) < 4.78 is 0. The number of nitrogens with zero attached hydrogens (tertiary/aromatic N) is 3. The second-order valence-electron chi connectivity index (χ2n) is 7.19. The molecular formula is C20H27N5O2S. The Kier molecular flexibility index (Phi) is 7.11. The maximum Gasteiger partial charge on any atom is 0.286 e. The van der Waals surface area contributed by atoms with E-state index >= 15 is 0 Å². The average molecular weight is 402 g/mol. The van der Waals surface area contributed by atoms with E-state index in [1.54, 1.807) is 31.2 Å². The highest BCUT2D eigenvalue weighted by Gasteiger charge is 2.17. The van der Waals surface area contributed by atoms with Gasteiger partial charge in [-0.25, -0.2) is 0 Å². The van der Waals surface area contributed by atoms with E-state index in [1.807, 2.05) is 0 Å². The Balaban J connectivity index is 1.44. The quantitative estimate of drug-likeness (QED) is 0.744. The van der Waals surface area contributed by atoms with Gasteiger partial charge in [0.2, 0.25) is 5.01 Å². The lowest BCUT2D eigenvalue weighted by molar-refractivity contribution is 0.0944. The van der Waals surface area contributed by atoms with Crippen molar-refractivity contribution >= 4 is 28.8 Å². The molecule has 2 amide bonds. The number of anilines is 1. The summed E-state index contributed by atoms with van der Waals surface area (Å²) in [5.41, 5.74) is 1.19. The van der Waals surface area contributed by atoms with E-state index in [9.17, 15) is 9.59 Å². The molecule has 0 spiro atoms. The standard InChI is InChI=1S/C20H27N5O2S/c1-14-23-24-20(28-14)19(27)22-16-10-8-15(9-11-16)18(26)21-12-13-25(2)17-6-4-3-5-7-17/h8-11,17H,3-7,12-13H2,1-2H3,(H,21,26)(H,22,27). The summed E-state index contributed by atoms with van der Waals surface area (Å²) in [6.07, 6.45) is 6.48. The molecule has 8 heteroatoms. The minimum Gasteiger partial charge on any atom is -0.351 e. The monoisotopic (exact) mass is 401 g/mol. The van der Waals surface area contributed by atoms with E-state index in [1.165, 1.54) is 43.4 Å². The largest absolute Gasteiger partial charge is 0.351 e. The number of rotatable bonds is 7. The van der Waals surface area contributed by atoms with Gasteiger partial charge in [-0.15, -0.1) is 10.2 Å². The van der Waals surface area contributed by atoms with Crippen LogP contribution in [0.5, 0.6) is 0 Å². The molecule has 3 rings (SSSR count). The van der Waals surface area contributed by atoms with Gasteiger partial charge in [-0.1, -0.05) is 30.6 Å². The molecule has 0 radical (unpaired) electrons. The summed E-state index contributed by atoms with van der Waals surface area (Å²) in [5, 5.41) is 14.5. The van der Waals surface area contributed by atoms with Crippen LogP contribution in [-0.2, 0) is 0 Å². The fraction of sp³-hybridized carbons (Fsp3) is 0.500. The van der Waals surface area contributed by atoms with Gasteiger partial charge in [0.1, 0.15) is 5.01 Å². The third-order valence-electron chi connectivity index (χ3n) is 5.07. The summed E-state index contributed by atoms with van der Waals surface area (Å²) in [5.74, 6) is -0.400. The molecule has 7 nitrogen and oxygen atoms in total. The lowest BCUT2D eigenvalue weighted by atomic mass is 9.94. The van der Waals surface area contributed by atoms with E-state index < -0.39 is 0 Å². The van der Waals surface area contributed by atoms with Gasteiger partial charge in [0.15, 0.2) is 0 Å². The molecule has 0 saturated heterocycles. The predicted molar refractivity (Wildman–Crippen MR) is 111 cm³/mol. The predicted octanol–water partition coefficient (Wildman–Crippen LogP) is 3.09. The van der Waals surface area contributed by atoms with Crippen LogP contribution in [-0.4, -0.2) is 53.1 Å². The maximum absolute atomic E-state index is 12.3. The molecule has 1 heterocycles. The summed E-state index contributed by atoms with van der Waals surface area (Å²) in [7, 11) is 2.14. The van der Waals surface area contributed by atoms with Crippen LogP contribution in [0.25, 0.3) is 0 Å². The molecule has 1 saturated carbocycles. The Morgan fingerprint density at radius 1 is 1.11 bits per heavy atom. The van der Waals surface area contributed by atoms with Crippen molar-refractivity contribution in [2.45, 2.75) is 45.1 Å². The Hall–Kier alpha value is -2.32. The number of carbonyl (C=O) groups excluding carboxylic acids is 2. The molecule has 1 fully saturated rings. The Morgan fingerprint density at radius 2 is 1.82 bits per heavy atom. The Bertz CT molecular complexity index is 799. The van der Waals surface area contributed by atoms with Crippen molar-refractivity contribution in [3.8, 4) is 0 Å². The number of carbonyl (C=O) groups is 2. The molecule has 1 aliphatic rings. The number of benzene rings is 1. The molecule has 28 heavy (non-hydrogen) atoms. The summed E-state index contributed by atoms with van der Waals surface area (Å²) in [6.45, 7) is 3.28. The smallest absolute Gasteiger partial charge is 0.286 e. The van der Waals surface area contributed by atoms with Crippen LogP contribution < -0.4 is 10.6 Å². The van der Waals surface area contributed by atoms with Crippen LogP contribution in [0, 0.1) is 6.92 Å². The van der Waals surface area contributed by atoms with Crippen molar-refractivity contribution in [3.63, 3.8) is 0 Å². The first-order chi connectivity index (χ1) is 13.5. The van der Waals surface area contributed by atoms with Crippen LogP contribution in [0.2, 0.25) is 0 Å². The van der Waals surface area contributed by atoms with Crippen LogP contribution in [0.4, 0.5) is 5.69 Å². The highest BCUT2D eigenvalue weighted by atomic mass is 32.1. The molecule has 0 aliphatic heterocycles. The maximum atomic E-state index is 12.3. The van der Waals surface area contributed by atoms with Gasteiger partial charge in [-0.05, 0) is 51.1 Å². The molecule has 1 aromatic heterocycles. The number of hydrogen-bond donors (Lipinski definition) is 2. The van der Waals surface area contributed by atoms with Crippen LogP contribution in [0.1, 0.15) is 57.3 Å². The van der Waals surface area contributed by atoms with Crippen LogP contribution in [0.15, 0.2) is 24.3 Å². The van der Waals surface area contributed by atoms with Crippen molar-refractivity contribution in [2.24, 2.45) is 0 Å². The van der Waals surface area contributed by atoms with Crippen molar-refractivity contribution in [3.05, 3.63) is 39.8 Å². The fourth-order valence-electron chi connectivity index (χ4n) is 3.43. The van der Waals surface area contributed by atoms with Crippen LogP contribution >= 0.6 is 11.3 Å². The summed E-state index contributed by atoms with van der Waals surface area (Å²) in [6, 6.07) is 7.50. The normalized spacial score (nSPS) is 14.8. The number of nitrogens with one attached hydrogen (secondary N) is 2. The van der Waals surface area contributed by atoms with Gasteiger partial charge in [0, 0.05) is 30.4 Å². The highest BCUT2D eigenvalue weighted by molar-refractivity contribution is 7.13. The third kappa shape index (κ3) is 5.59. The van der Waals surface area contributed by atoms with Crippen molar-refractivity contribution in [1.82, 2.24) is 20.4 Å². The Morgan fingerprint density at radius 3 is 2.46 bits per heavy atom. The second-order valence-corrected chi connectivity index (χ2v) is 8.37. The minimum atomic E-state index is -0.298. The first kappa shape index (κ1) is 20.4. The lowest BCUT2D eigenvalue weighted by Gasteiger charge is -2.31. The molecule has 0 unspecified atom stereocenters. The van der Waals surface area contributed by atoms with E-state index in [0.29, 0.717) is 28.8 Å².